The summed E-state index contributed by atoms with van der Waals surface area (Å²) in [4.78, 5) is 0.239. The summed E-state index contributed by atoms with van der Waals surface area (Å²) in [5.74, 6) is 0. The molecule has 0 fully saturated rings. The Labute approximate surface area is 174 Å². The van der Waals surface area contributed by atoms with E-state index < -0.39 is 22.0 Å². The summed E-state index contributed by atoms with van der Waals surface area (Å²) in [6.07, 6.45) is 0.193. The summed E-state index contributed by atoms with van der Waals surface area (Å²) >= 11 is 12.0. The molecule has 28 heavy (non-hydrogen) atoms. The zero-order valence-corrected chi connectivity index (χ0v) is 17.3. The number of sulfone groups is 1. The molecule has 2 atom stereocenters. The first kappa shape index (κ1) is 20.8. The lowest BCUT2D eigenvalue weighted by Crippen LogP contribution is -2.19. The number of halogens is 2. The van der Waals surface area contributed by atoms with Crippen LogP contribution in [-0.4, -0.2) is 19.8 Å². The van der Waals surface area contributed by atoms with E-state index in [2.05, 4.69) is 0 Å². The number of benzene rings is 3. The maximum atomic E-state index is 11.8. The predicted octanol–water partition coefficient (Wildman–Crippen LogP) is 4.80. The van der Waals surface area contributed by atoms with Gasteiger partial charge in [0.1, 0.15) is 0 Å². The molecule has 3 rings (SSSR count). The molecule has 0 aromatic heterocycles. The molecule has 3 aromatic carbocycles. The van der Waals surface area contributed by atoms with Crippen LogP contribution in [0.2, 0.25) is 10.0 Å². The van der Waals surface area contributed by atoms with Crippen molar-refractivity contribution in [1.82, 2.24) is 0 Å². The zero-order chi connectivity index (χ0) is 20.5. The summed E-state index contributed by atoms with van der Waals surface area (Å²) in [5, 5.41) is 11.5. The van der Waals surface area contributed by atoms with E-state index in [9.17, 15) is 13.5 Å². The van der Waals surface area contributed by atoms with Crippen molar-refractivity contribution in [3.63, 3.8) is 0 Å². The first-order chi connectivity index (χ1) is 13.2. The highest BCUT2D eigenvalue weighted by Gasteiger charge is 2.20. The lowest BCUT2D eigenvalue weighted by molar-refractivity contribution is 0.147. The Morgan fingerprint density at radius 3 is 2.14 bits per heavy atom. The van der Waals surface area contributed by atoms with Gasteiger partial charge in [-0.25, -0.2) is 8.42 Å². The molecule has 0 unspecified atom stereocenters. The van der Waals surface area contributed by atoms with Crippen molar-refractivity contribution < 1.29 is 13.5 Å². The number of nitrogens with two attached hydrogens (primary N) is 1. The highest BCUT2D eigenvalue weighted by molar-refractivity contribution is 7.90. The van der Waals surface area contributed by atoms with Crippen molar-refractivity contribution in [2.45, 2.75) is 17.0 Å². The third-order valence-electron chi connectivity index (χ3n) is 4.49. The van der Waals surface area contributed by atoms with Crippen LogP contribution in [0.4, 0.5) is 0 Å². The van der Waals surface area contributed by atoms with Gasteiger partial charge in [0.2, 0.25) is 0 Å². The van der Waals surface area contributed by atoms with Crippen LogP contribution in [0.25, 0.3) is 11.1 Å². The predicted molar refractivity (Wildman–Crippen MR) is 113 cm³/mol. The monoisotopic (exact) mass is 435 g/mol. The molecule has 146 valence electrons. The third-order valence-corrected chi connectivity index (χ3v) is 6.34. The third kappa shape index (κ3) is 4.57. The van der Waals surface area contributed by atoms with E-state index in [0.29, 0.717) is 21.2 Å². The quantitative estimate of drug-likeness (QED) is 0.602. The second kappa shape index (κ2) is 8.23. The molecule has 0 aliphatic carbocycles. The van der Waals surface area contributed by atoms with Gasteiger partial charge < -0.3 is 10.8 Å². The lowest BCUT2D eigenvalue weighted by atomic mass is 9.94. The second-order valence-corrected chi connectivity index (χ2v) is 9.40. The van der Waals surface area contributed by atoms with Gasteiger partial charge in [-0.05, 0) is 52.6 Å². The van der Waals surface area contributed by atoms with Gasteiger partial charge in [0.25, 0.3) is 0 Å². The minimum absolute atomic E-state index is 0.239. The van der Waals surface area contributed by atoms with Crippen LogP contribution in [0, 0.1) is 0 Å². The molecule has 7 heteroatoms. The highest BCUT2D eigenvalue weighted by atomic mass is 35.5. The van der Waals surface area contributed by atoms with Crippen LogP contribution in [0.1, 0.15) is 23.3 Å². The SMILES string of the molecule is CS(=O)(=O)c1cccc(-c2cccc([C@@H](O)[C@@H](N)c3ccc(Cl)c(Cl)c3)c2)c1. The summed E-state index contributed by atoms with van der Waals surface area (Å²) in [5.41, 5.74) is 9.02. The molecule has 0 saturated carbocycles. The Kier molecular flexibility index (Phi) is 6.12. The van der Waals surface area contributed by atoms with E-state index in [1.54, 1.807) is 54.6 Å². The summed E-state index contributed by atoms with van der Waals surface area (Å²) in [6, 6.07) is 18.2. The number of aliphatic hydroxyl groups is 1. The van der Waals surface area contributed by atoms with Crippen LogP contribution in [0.5, 0.6) is 0 Å². The van der Waals surface area contributed by atoms with Crippen LogP contribution in [0.3, 0.4) is 0 Å². The van der Waals surface area contributed by atoms with E-state index in [1.807, 2.05) is 12.1 Å². The lowest BCUT2D eigenvalue weighted by Gasteiger charge is -2.21. The Morgan fingerprint density at radius 2 is 1.50 bits per heavy atom. The topological polar surface area (TPSA) is 80.4 Å². The molecule has 0 spiro atoms. The fourth-order valence-corrected chi connectivity index (χ4v) is 3.89. The molecule has 3 N–H and O–H groups in total. The average molecular weight is 436 g/mol. The number of hydrogen-bond donors (Lipinski definition) is 2. The van der Waals surface area contributed by atoms with E-state index >= 15 is 0 Å². The molecule has 0 aliphatic heterocycles. The molecule has 0 amide bonds. The van der Waals surface area contributed by atoms with Crippen LogP contribution in [0.15, 0.2) is 71.6 Å². The fraction of sp³-hybridized carbons (Fsp3) is 0.143. The zero-order valence-electron chi connectivity index (χ0n) is 15.0. The number of hydrogen-bond acceptors (Lipinski definition) is 4. The normalized spacial score (nSPS) is 13.9. The minimum Gasteiger partial charge on any atom is -0.386 e. The maximum Gasteiger partial charge on any atom is 0.175 e. The molecule has 0 saturated heterocycles. The minimum atomic E-state index is -3.31. The molecule has 0 aliphatic rings. The van der Waals surface area contributed by atoms with Crippen molar-refractivity contribution in [1.29, 1.82) is 0 Å². The van der Waals surface area contributed by atoms with Crippen molar-refractivity contribution in [2.75, 3.05) is 6.26 Å². The number of aliphatic hydroxyl groups excluding tert-OH is 1. The van der Waals surface area contributed by atoms with Gasteiger partial charge in [-0.1, -0.05) is 59.6 Å². The molecule has 0 heterocycles. The average Bonchev–Trinajstić information content (AvgIpc) is 2.68. The fourth-order valence-electron chi connectivity index (χ4n) is 2.92. The van der Waals surface area contributed by atoms with Crippen LogP contribution in [-0.2, 0) is 9.84 Å². The van der Waals surface area contributed by atoms with Gasteiger partial charge in [-0.3, -0.25) is 0 Å². The van der Waals surface area contributed by atoms with E-state index in [-0.39, 0.29) is 4.90 Å². The van der Waals surface area contributed by atoms with Crippen LogP contribution >= 0.6 is 23.2 Å². The Bertz CT molecular complexity index is 1120. The Balaban J connectivity index is 1.93. The van der Waals surface area contributed by atoms with Gasteiger partial charge in [0, 0.05) is 6.26 Å². The van der Waals surface area contributed by atoms with Crippen molar-refractivity contribution in [3.8, 4) is 11.1 Å². The van der Waals surface area contributed by atoms with Gasteiger partial charge in [-0.2, -0.15) is 0 Å². The summed E-state index contributed by atoms with van der Waals surface area (Å²) in [7, 11) is -3.31. The molecule has 0 radical (unpaired) electrons. The highest BCUT2D eigenvalue weighted by Crippen LogP contribution is 2.33. The molecule has 4 nitrogen and oxygen atoms in total. The Hall–Kier alpha value is -1.89. The standard InChI is InChI=1S/C21H19Cl2NO3S/c1-28(26,27)17-7-3-5-14(11-17)13-4-2-6-16(10-13)21(25)20(24)15-8-9-18(22)19(23)12-15/h2-12,20-21,25H,24H2,1H3/t20-,21+/m0/s1. The van der Waals surface area contributed by atoms with Crippen molar-refractivity contribution in [2.24, 2.45) is 5.73 Å². The van der Waals surface area contributed by atoms with Crippen molar-refractivity contribution in [3.05, 3.63) is 87.9 Å². The van der Waals surface area contributed by atoms with Gasteiger partial charge in [0.05, 0.1) is 27.1 Å². The van der Waals surface area contributed by atoms with Crippen molar-refractivity contribution >= 4 is 33.0 Å². The molecular formula is C21H19Cl2NO3S. The van der Waals surface area contributed by atoms with E-state index in [1.165, 1.54) is 6.26 Å². The van der Waals surface area contributed by atoms with E-state index in [4.69, 9.17) is 28.9 Å². The molecular weight excluding hydrogens is 417 g/mol. The molecule has 0 bridgehead atoms. The maximum absolute atomic E-state index is 11.8. The first-order valence-corrected chi connectivity index (χ1v) is 11.1. The van der Waals surface area contributed by atoms with Gasteiger partial charge in [0.15, 0.2) is 9.84 Å². The van der Waals surface area contributed by atoms with Gasteiger partial charge >= 0.3 is 0 Å². The first-order valence-electron chi connectivity index (χ1n) is 8.46. The van der Waals surface area contributed by atoms with E-state index in [0.717, 1.165) is 11.1 Å². The smallest absolute Gasteiger partial charge is 0.175 e. The van der Waals surface area contributed by atoms with Gasteiger partial charge in [-0.15, -0.1) is 0 Å². The van der Waals surface area contributed by atoms with Crippen LogP contribution < -0.4 is 5.73 Å². The summed E-state index contributed by atoms with van der Waals surface area (Å²) in [6.45, 7) is 0. The Morgan fingerprint density at radius 1 is 0.857 bits per heavy atom. The summed E-state index contributed by atoms with van der Waals surface area (Å²) < 4.78 is 23.6. The largest absolute Gasteiger partial charge is 0.386 e. The molecule has 3 aromatic rings. The number of rotatable bonds is 5. The second-order valence-electron chi connectivity index (χ2n) is 6.57.